The van der Waals surface area contributed by atoms with E-state index in [9.17, 15) is 24.0 Å². The molecule has 0 aromatic heterocycles. The topological polar surface area (TPSA) is 148 Å². The SMILES string of the molecule is C#CC(C)(C)CC(C)(C)C(NC(=O)CC(C)(C)COCC(C)(C)NC(=O)CCN1C(=O)C=CC1=O)C(N)=O. The highest BCUT2D eigenvalue weighted by molar-refractivity contribution is 6.13. The number of hydrogen-bond donors (Lipinski definition) is 3. The summed E-state index contributed by atoms with van der Waals surface area (Å²) in [7, 11) is 0. The smallest absolute Gasteiger partial charge is 0.253 e. The number of ether oxygens (including phenoxy) is 1. The van der Waals surface area contributed by atoms with E-state index in [-0.39, 0.29) is 44.4 Å². The molecule has 10 nitrogen and oxygen atoms in total. The van der Waals surface area contributed by atoms with E-state index in [0.29, 0.717) is 6.42 Å². The molecular weight excluding hydrogens is 488 g/mol. The Hall–Kier alpha value is -3.19. The Balaban J connectivity index is 2.58. The number of imide groups is 1. The van der Waals surface area contributed by atoms with Gasteiger partial charge in [-0.15, -0.1) is 12.3 Å². The molecule has 1 aliphatic rings. The average Bonchev–Trinajstić information content (AvgIpc) is 3.05. The van der Waals surface area contributed by atoms with Crippen molar-refractivity contribution in [3.63, 3.8) is 0 Å². The lowest BCUT2D eigenvalue weighted by molar-refractivity contribution is -0.137. The van der Waals surface area contributed by atoms with E-state index in [1.807, 2.05) is 41.5 Å². The van der Waals surface area contributed by atoms with Crippen molar-refractivity contribution < 1.29 is 28.7 Å². The Morgan fingerprint density at radius 2 is 1.55 bits per heavy atom. The summed E-state index contributed by atoms with van der Waals surface area (Å²) in [6, 6.07) is -0.893. The Bertz CT molecular complexity index is 985. The molecule has 1 aliphatic heterocycles. The van der Waals surface area contributed by atoms with Gasteiger partial charge >= 0.3 is 0 Å². The second-order valence-electron chi connectivity index (χ2n) is 12.8. The Labute approximate surface area is 226 Å². The molecule has 0 radical (unpaired) electrons. The predicted molar refractivity (Wildman–Crippen MR) is 144 cm³/mol. The number of carbonyl (C=O) groups is 5. The monoisotopic (exact) mass is 532 g/mol. The Morgan fingerprint density at radius 1 is 1.00 bits per heavy atom. The number of primary amides is 1. The fourth-order valence-corrected chi connectivity index (χ4v) is 4.56. The third-order valence-corrected chi connectivity index (χ3v) is 6.20. The van der Waals surface area contributed by atoms with Crippen LogP contribution < -0.4 is 16.4 Å². The molecule has 0 fully saturated rings. The van der Waals surface area contributed by atoms with Gasteiger partial charge in [0.25, 0.3) is 11.8 Å². The molecule has 0 bridgehead atoms. The summed E-state index contributed by atoms with van der Waals surface area (Å²) in [6.07, 6.45) is 8.51. The van der Waals surface area contributed by atoms with Crippen molar-refractivity contribution >= 4 is 29.5 Å². The molecule has 1 heterocycles. The van der Waals surface area contributed by atoms with Crippen molar-refractivity contribution in [1.82, 2.24) is 15.5 Å². The normalized spacial score (nSPS) is 15.3. The van der Waals surface area contributed by atoms with Crippen LogP contribution in [-0.2, 0) is 28.7 Å². The molecule has 1 atom stereocenters. The first-order valence-corrected chi connectivity index (χ1v) is 12.7. The van der Waals surface area contributed by atoms with Crippen LogP contribution in [0.15, 0.2) is 12.2 Å². The lowest BCUT2D eigenvalue weighted by Crippen LogP contribution is -2.54. The molecule has 0 aromatic carbocycles. The van der Waals surface area contributed by atoms with Crippen molar-refractivity contribution in [3.8, 4) is 12.3 Å². The third kappa shape index (κ3) is 10.7. The maximum absolute atomic E-state index is 12.9. The standard InChI is InChI=1S/C28H44N4O6/c1-10-25(2,3)16-27(6,7)23(24(29)37)30-20(34)15-26(4,5)17-38-18-28(8,9)31-19(33)13-14-32-21(35)11-12-22(32)36/h1,11-12,23H,13-18H2,2-9H3,(H2,29,37)(H,30,34)(H,31,33). The van der Waals surface area contributed by atoms with E-state index in [1.165, 1.54) is 12.2 Å². The molecule has 4 N–H and O–H groups in total. The highest BCUT2D eigenvalue weighted by Crippen LogP contribution is 2.36. The number of carbonyl (C=O) groups excluding carboxylic acids is 5. The predicted octanol–water partition coefficient (Wildman–Crippen LogP) is 1.68. The molecule has 0 aromatic rings. The van der Waals surface area contributed by atoms with Gasteiger partial charge in [0.05, 0.1) is 18.8 Å². The Kier molecular flexibility index (Phi) is 10.9. The van der Waals surface area contributed by atoms with Gasteiger partial charge in [-0.1, -0.05) is 27.7 Å². The van der Waals surface area contributed by atoms with Gasteiger partial charge in [0.1, 0.15) is 6.04 Å². The minimum Gasteiger partial charge on any atom is -0.378 e. The van der Waals surface area contributed by atoms with Gasteiger partial charge in [0.2, 0.25) is 17.7 Å². The van der Waals surface area contributed by atoms with Crippen molar-refractivity contribution in [3.05, 3.63) is 12.2 Å². The molecular formula is C28H44N4O6. The third-order valence-electron chi connectivity index (χ3n) is 6.20. The molecule has 1 unspecified atom stereocenters. The van der Waals surface area contributed by atoms with Gasteiger partial charge in [0, 0.05) is 37.0 Å². The van der Waals surface area contributed by atoms with E-state index >= 15 is 0 Å². The minimum atomic E-state index is -0.893. The second-order valence-corrected chi connectivity index (χ2v) is 12.8. The fraction of sp³-hybridized carbons (Fsp3) is 0.679. The van der Waals surface area contributed by atoms with Crippen LogP contribution in [0.5, 0.6) is 0 Å². The van der Waals surface area contributed by atoms with Crippen LogP contribution in [0.25, 0.3) is 0 Å². The lowest BCUT2D eigenvalue weighted by atomic mass is 9.71. The van der Waals surface area contributed by atoms with E-state index in [1.54, 1.807) is 13.8 Å². The largest absolute Gasteiger partial charge is 0.378 e. The molecule has 5 amide bonds. The van der Waals surface area contributed by atoms with Crippen LogP contribution in [0, 0.1) is 28.6 Å². The maximum Gasteiger partial charge on any atom is 0.253 e. The van der Waals surface area contributed by atoms with Gasteiger partial charge in [-0.25, -0.2) is 0 Å². The van der Waals surface area contributed by atoms with Gasteiger partial charge in [-0.05, 0) is 44.9 Å². The quantitative estimate of drug-likeness (QED) is 0.216. The summed E-state index contributed by atoms with van der Waals surface area (Å²) in [6.45, 7) is 15.2. The number of rotatable bonds is 15. The van der Waals surface area contributed by atoms with E-state index < -0.39 is 45.5 Å². The maximum atomic E-state index is 12.9. The van der Waals surface area contributed by atoms with Gasteiger partial charge in [0.15, 0.2) is 0 Å². The summed E-state index contributed by atoms with van der Waals surface area (Å²) in [5.41, 5.74) is 3.20. The first kappa shape index (κ1) is 32.8. The molecule has 0 saturated heterocycles. The summed E-state index contributed by atoms with van der Waals surface area (Å²) >= 11 is 0. The summed E-state index contributed by atoms with van der Waals surface area (Å²) in [5.74, 6) is 0.570. The molecule has 0 saturated carbocycles. The molecule has 0 aliphatic carbocycles. The zero-order chi connectivity index (χ0) is 29.5. The van der Waals surface area contributed by atoms with Crippen LogP contribution in [0.3, 0.4) is 0 Å². The first-order chi connectivity index (χ1) is 17.2. The zero-order valence-electron chi connectivity index (χ0n) is 24.0. The van der Waals surface area contributed by atoms with Crippen LogP contribution in [0.1, 0.15) is 74.7 Å². The summed E-state index contributed by atoms with van der Waals surface area (Å²) < 4.78 is 5.84. The molecule has 10 heteroatoms. The highest BCUT2D eigenvalue weighted by atomic mass is 16.5. The van der Waals surface area contributed by atoms with Crippen molar-refractivity contribution in [2.75, 3.05) is 19.8 Å². The summed E-state index contributed by atoms with van der Waals surface area (Å²) in [5, 5.41) is 5.62. The van der Waals surface area contributed by atoms with Crippen molar-refractivity contribution in [2.45, 2.75) is 86.2 Å². The van der Waals surface area contributed by atoms with Crippen LogP contribution in [0.4, 0.5) is 0 Å². The fourth-order valence-electron chi connectivity index (χ4n) is 4.56. The zero-order valence-corrected chi connectivity index (χ0v) is 24.0. The van der Waals surface area contributed by atoms with E-state index in [0.717, 1.165) is 4.90 Å². The highest BCUT2D eigenvalue weighted by Gasteiger charge is 2.39. The van der Waals surface area contributed by atoms with Crippen LogP contribution in [0.2, 0.25) is 0 Å². The van der Waals surface area contributed by atoms with E-state index in [4.69, 9.17) is 16.9 Å². The lowest BCUT2D eigenvalue weighted by Gasteiger charge is -2.38. The van der Waals surface area contributed by atoms with Gasteiger partial charge in [-0.3, -0.25) is 28.9 Å². The molecule has 1 rings (SSSR count). The molecule has 38 heavy (non-hydrogen) atoms. The summed E-state index contributed by atoms with van der Waals surface area (Å²) in [4.78, 5) is 61.6. The van der Waals surface area contributed by atoms with Gasteiger partial charge < -0.3 is 21.1 Å². The minimum absolute atomic E-state index is 0.00108. The van der Waals surface area contributed by atoms with Crippen LogP contribution in [-0.4, -0.2) is 65.8 Å². The number of nitrogens with zero attached hydrogens (tertiary/aromatic N) is 1. The number of nitrogens with one attached hydrogen (secondary N) is 2. The number of hydrogen-bond acceptors (Lipinski definition) is 6. The van der Waals surface area contributed by atoms with Crippen LogP contribution >= 0.6 is 0 Å². The molecule has 212 valence electrons. The second kappa shape index (κ2) is 12.6. The molecule has 0 spiro atoms. The number of amides is 5. The average molecular weight is 533 g/mol. The Morgan fingerprint density at radius 3 is 2.05 bits per heavy atom. The number of nitrogens with two attached hydrogens (primary N) is 1. The van der Waals surface area contributed by atoms with E-state index in [2.05, 4.69) is 16.6 Å². The van der Waals surface area contributed by atoms with Crippen molar-refractivity contribution in [1.29, 1.82) is 0 Å². The van der Waals surface area contributed by atoms with Gasteiger partial charge in [-0.2, -0.15) is 0 Å². The van der Waals surface area contributed by atoms with Crippen molar-refractivity contribution in [2.24, 2.45) is 22.0 Å². The number of terminal acetylenes is 1. The first-order valence-electron chi connectivity index (χ1n) is 12.7.